The minimum absolute atomic E-state index is 0.0615. The van der Waals surface area contributed by atoms with E-state index in [-0.39, 0.29) is 29.9 Å². The van der Waals surface area contributed by atoms with Gasteiger partial charge in [-0.3, -0.25) is 10.1 Å². The highest BCUT2D eigenvalue weighted by Crippen LogP contribution is 2.28. The van der Waals surface area contributed by atoms with Gasteiger partial charge in [-0.25, -0.2) is 22.9 Å². The molecule has 0 bridgehead atoms. The Kier molecular flexibility index (Phi) is 6.65. The monoisotopic (exact) mass is 450 g/mol. The second kappa shape index (κ2) is 9.22. The lowest BCUT2D eigenvalue weighted by Crippen LogP contribution is -2.41. The normalized spacial score (nSPS) is 16.3. The fraction of sp³-hybridized carbons (Fsp3) is 0.389. The van der Waals surface area contributed by atoms with E-state index in [9.17, 15) is 28.4 Å². The standard InChI is InChI=1S/C18H22N6O6S/c1-2-19-18-20-11-13(17(25)26)16(22-18)23-9-5-6-12(23)10-21-31(29,30)15-8-4-3-7-14(15)24(27)28/h3-4,7-8,11-12,21H,2,5-6,9-10H2,1H3,(H,25,26)(H,19,20,22)/t12-/m0/s1. The lowest BCUT2D eigenvalue weighted by molar-refractivity contribution is -0.387. The highest BCUT2D eigenvalue weighted by Gasteiger charge is 2.32. The van der Waals surface area contributed by atoms with E-state index in [0.29, 0.717) is 25.9 Å². The lowest BCUT2D eigenvalue weighted by Gasteiger charge is -2.27. The first-order valence-electron chi connectivity index (χ1n) is 9.58. The van der Waals surface area contributed by atoms with E-state index < -0.39 is 31.5 Å². The predicted octanol–water partition coefficient (Wildman–Crippen LogP) is 1.46. The number of aromatic carboxylic acids is 1. The molecule has 1 fully saturated rings. The van der Waals surface area contributed by atoms with Gasteiger partial charge in [0.25, 0.3) is 5.69 Å². The van der Waals surface area contributed by atoms with Crippen LogP contribution in [0.15, 0.2) is 35.4 Å². The summed E-state index contributed by atoms with van der Waals surface area (Å²) >= 11 is 0. The summed E-state index contributed by atoms with van der Waals surface area (Å²) in [6, 6.07) is 4.72. The van der Waals surface area contributed by atoms with E-state index in [4.69, 9.17) is 0 Å². The third-order valence-corrected chi connectivity index (χ3v) is 6.31. The summed E-state index contributed by atoms with van der Waals surface area (Å²) in [4.78, 5) is 31.7. The van der Waals surface area contributed by atoms with Crippen LogP contribution in [0.3, 0.4) is 0 Å². The van der Waals surface area contributed by atoms with Crippen molar-refractivity contribution in [3.63, 3.8) is 0 Å². The molecular formula is C18H22N6O6S. The van der Waals surface area contributed by atoms with E-state index in [0.717, 1.165) is 6.07 Å². The van der Waals surface area contributed by atoms with Gasteiger partial charge < -0.3 is 15.3 Å². The van der Waals surface area contributed by atoms with Gasteiger partial charge in [0.1, 0.15) is 11.4 Å². The van der Waals surface area contributed by atoms with Crippen molar-refractivity contribution < 1.29 is 23.2 Å². The Balaban J connectivity index is 1.85. The molecule has 1 aliphatic rings. The molecule has 166 valence electrons. The zero-order valence-corrected chi connectivity index (χ0v) is 17.5. The number of hydrogen-bond donors (Lipinski definition) is 3. The molecule has 1 aromatic heterocycles. The third kappa shape index (κ3) is 4.88. The Morgan fingerprint density at radius 3 is 2.81 bits per heavy atom. The maximum Gasteiger partial charge on any atom is 0.341 e. The van der Waals surface area contributed by atoms with Crippen molar-refractivity contribution in [3.05, 3.63) is 46.1 Å². The van der Waals surface area contributed by atoms with Crippen molar-refractivity contribution in [1.82, 2.24) is 14.7 Å². The fourth-order valence-corrected chi connectivity index (χ4v) is 4.67. The smallest absolute Gasteiger partial charge is 0.341 e. The van der Waals surface area contributed by atoms with Gasteiger partial charge in [0.05, 0.1) is 4.92 Å². The third-order valence-electron chi connectivity index (χ3n) is 4.84. The van der Waals surface area contributed by atoms with Crippen LogP contribution in [0.1, 0.15) is 30.1 Å². The zero-order chi connectivity index (χ0) is 22.6. The first kappa shape index (κ1) is 22.4. The van der Waals surface area contributed by atoms with Crippen LogP contribution in [0.5, 0.6) is 0 Å². The predicted molar refractivity (Wildman–Crippen MR) is 112 cm³/mol. The molecule has 1 aliphatic heterocycles. The van der Waals surface area contributed by atoms with Crippen LogP contribution >= 0.6 is 0 Å². The van der Waals surface area contributed by atoms with E-state index in [1.165, 1.54) is 24.4 Å². The van der Waals surface area contributed by atoms with E-state index in [1.807, 2.05) is 6.92 Å². The number of para-hydroxylation sites is 1. The van der Waals surface area contributed by atoms with Gasteiger partial charge in [0, 0.05) is 37.9 Å². The van der Waals surface area contributed by atoms with Crippen molar-refractivity contribution in [2.45, 2.75) is 30.7 Å². The molecule has 1 aromatic carbocycles. The minimum Gasteiger partial charge on any atom is -0.477 e. The fourth-order valence-electron chi connectivity index (χ4n) is 3.43. The number of sulfonamides is 1. The molecular weight excluding hydrogens is 428 g/mol. The molecule has 3 rings (SSSR count). The Morgan fingerprint density at radius 2 is 2.13 bits per heavy atom. The van der Waals surface area contributed by atoms with Crippen molar-refractivity contribution in [2.24, 2.45) is 0 Å². The first-order valence-corrected chi connectivity index (χ1v) is 11.1. The maximum atomic E-state index is 12.7. The number of benzene rings is 1. The summed E-state index contributed by atoms with van der Waals surface area (Å²) in [6.07, 6.45) is 2.52. The van der Waals surface area contributed by atoms with Gasteiger partial charge in [-0.05, 0) is 25.8 Å². The number of hydrogen-bond acceptors (Lipinski definition) is 9. The molecule has 12 nitrogen and oxygen atoms in total. The largest absolute Gasteiger partial charge is 0.477 e. The number of carbonyl (C=O) groups is 1. The minimum atomic E-state index is -4.15. The lowest BCUT2D eigenvalue weighted by atomic mass is 10.2. The average molecular weight is 450 g/mol. The molecule has 1 atom stereocenters. The summed E-state index contributed by atoms with van der Waals surface area (Å²) < 4.78 is 27.8. The van der Waals surface area contributed by atoms with E-state index in [1.54, 1.807) is 4.90 Å². The number of nitrogens with zero attached hydrogens (tertiary/aromatic N) is 4. The number of carboxylic acid groups (broad SMARTS) is 1. The second-order valence-corrected chi connectivity index (χ2v) is 8.57. The molecule has 2 aromatic rings. The highest BCUT2D eigenvalue weighted by atomic mass is 32.2. The number of carboxylic acids is 1. The number of nitrogens with one attached hydrogen (secondary N) is 2. The average Bonchev–Trinajstić information content (AvgIpc) is 3.21. The summed E-state index contributed by atoms with van der Waals surface area (Å²) in [6.45, 7) is 2.82. The van der Waals surface area contributed by atoms with Crippen molar-refractivity contribution >= 4 is 33.4 Å². The number of aromatic nitrogens is 2. The number of nitro benzene ring substituents is 1. The molecule has 0 radical (unpaired) electrons. The van der Waals surface area contributed by atoms with Gasteiger partial charge in [0.2, 0.25) is 16.0 Å². The molecule has 0 unspecified atom stereocenters. The van der Waals surface area contributed by atoms with Crippen LogP contribution in [-0.4, -0.2) is 60.1 Å². The molecule has 0 aliphatic carbocycles. The summed E-state index contributed by atoms with van der Waals surface area (Å²) in [5.74, 6) is -0.719. The Hall–Kier alpha value is -3.32. The van der Waals surface area contributed by atoms with Crippen LogP contribution in [0, 0.1) is 10.1 Å². The Morgan fingerprint density at radius 1 is 1.39 bits per heavy atom. The Labute approximate surface area is 178 Å². The van der Waals surface area contributed by atoms with Crippen LogP contribution < -0.4 is 14.9 Å². The summed E-state index contributed by atoms with van der Waals surface area (Å²) in [7, 11) is -4.15. The van der Waals surface area contributed by atoms with Crippen molar-refractivity contribution in [2.75, 3.05) is 29.9 Å². The van der Waals surface area contributed by atoms with Gasteiger partial charge in [0.15, 0.2) is 4.90 Å². The van der Waals surface area contributed by atoms with Gasteiger partial charge in [-0.15, -0.1) is 0 Å². The van der Waals surface area contributed by atoms with E-state index in [2.05, 4.69) is 20.0 Å². The van der Waals surface area contributed by atoms with E-state index >= 15 is 0 Å². The topological polar surface area (TPSA) is 168 Å². The highest BCUT2D eigenvalue weighted by molar-refractivity contribution is 7.89. The molecule has 2 heterocycles. The van der Waals surface area contributed by atoms with Crippen LogP contribution in [0.4, 0.5) is 17.5 Å². The van der Waals surface area contributed by atoms with Crippen LogP contribution in [-0.2, 0) is 10.0 Å². The molecule has 3 N–H and O–H groups in total. The maximum absolute atomic E-state index is 12.7. The summed E-state index contributed by atoms with van der Waals surface area (Å²) in [5.41, 5.74) is -0.604. The number of rotatable bonds is 9. The van der Waals surface area contributed by atoms with Crippen molar-refractivity contribution in [1.29, 1.82) is 0 Å². The SMILES string of the molecule is CCNc1ncc(C(=O)O)c(N2CCC[C@H]2CNS(=O)(=O)c2ccccc2[N+](=O)[O-])n1. The first-order chi connectivity index (χ1) is 14.7. The molecule has 0 spiro atoms. The molecule has 13 heteroatoms. The van der Waals surface area contributed by atoms with Crippen molar-refractivity contribution in [3.8, 4) is 0 Å². The quantitative estimate of drug-likeness (QED) is 0.376. The molecule has 31 heavy (non-hydrogen) atoms. The van der Waals surface area contributed by atoms with Crippen LogP contribution in [0.2, 0.25) is 0 Å². The second-order valence-electron chi connectivity index (χ2n) is 6.83. The Bertz CT molecular complexity index is 1090. The summed E-state index contributed by atoms with van der Waals surface area (Å²) in [5, 5.41) is 23.6. The van der Waals surface area contributed by atoms with Gasteiger partial charge in [-0.1, -0.05) is 12.1 Å². The molecule has 0 amide bonds. The zero-order valence-electron chi connectivity index (χ0n) is 16.7. The number of nitro groups is 1. The molecule has 1 saturated heterocycles. The van der Waals surface area contributed by atoms with Gasteiger partial charge >= 0.3 is 5.97 Å². The van der Waals surface area contributed by atoms with Crippen LogP contribution in [0.25, 0.3) is 0 Å². The number of anilines is 2. The van der Waals surface area contributed by atoms with Gasteiger partial charge in [-0.2, -0.15) is 4.98 Å². The molecule has 0 saturated carbocycles.